The van der Waals surface area contributed by atoms with Gasteiger partial charge in [-0.15, -0.1) is 0 Å². The molecule has 122 valence electrons. The van der Waals surface area contributed by atoms with Crippen LogP contribution in [-0.2, 0) is 0 Å². The van der Waals surface area contributed by atoms with Crippen molar-refractivity contribution in [1.82, 2.24) is 20.3 Å². The van der Waals surface area contributed by atoms with E-state index in [1.807, 2.05) is 0 Å². The van der Waals surface area contributed by atoms with Gasteiger partial charge in [0.15, 0.2) is 5.69 Å². The van der Waals surface area contributed by atoms with Crippen LogP contribution in [0.25, 0.3) is 0 Å². The van der Waals surface area contributed by atoms with Gasteiger partial charge in [-0.25, -0.2) is 0 Å². The highest BCUT2D eigenvalue weighted by Crippen LogP contribution is 2.26. The van der Waals surface area contributed by atoms with Gasteiger partial charge >= 0.3 is 0 Å². The number of likely N-dealkylation sites (tertiary alicyclic amines) is 2. The van der Waals surface area contributed by atoms with Crippen LogP contribution in [0.15, 0.2) is 10.6 Å². The summed E-state index contributed by atoms with van der Waals surface area (Å²) in [6.07, 6.45) is 0. The Morgan fingerprint density at radius 2 is 2.09 bits per heavy atom. The highest BCUT2D eigenvalue weighted by molar-refractivity contribution is 5.92. The van der Waals surface area contributed by atoms with E-state index in [-0.39, 0.29) is 11.9 Å². The SMILES string of the molecule is CC(C)N1C[C@@H](C)[C@@H](NC(=O)c2cc(C3CN(C)C3)on2)C1. The highest BCUT2D eigenvalue weighted by Gasteiger charge is 2.33. The standard InChI is InChI=1S/C16H26N4O2/c1-10(2)20-6-11(3)14(9-20)17-16(21)13-5-15(22-18-13)12-7-19(4)8-12/h5,10-12,14H,6-9H2,1-4H3,(H,17,21)/t11-,14+/m1/s1. The summed E-state index contributed by atoms with van der Waals surface area (Å²) in [4.78, 5) is 17.0. The van der Waals surface area contributed by atoms with E-state index in [9.17, 15) is 4.79 Å². The first-order chi connectivity index (χ1) is 10.4. The predicted octanol–water partition coefficient (Wildman–Crippen LogP) is 1.16. The minimum Gasteiger partial charge on any atom is -0.360 e. The van der Waals surface area contributed by atoms with Gasteiger partial charge in [-0.1, -0.05) is 12.1 Å². The second-order valence-electron chi connectivity index (χ2n) is 7.14. The molecule has 0 aromatic carbocycles. The lowest BCUT2D eigenvalue weighted by Crippen LogP contribution is -2.41. The van der Waals surface area contributed by atoms with Gasteiger partial charge in [0.2, 0.25) is 0 Å². The lowest BCUT2D eigenvalue weighted by molar-refractivity contribution is 0.0921. The van der Waals surface area contributed by atoms with Crippen molar-refractivity contribution < 1.29 is 9.32 Å². The molecule has 6 heteroatoms. The third-order valence-electron chi connectivity index (χ3n) is 4.91. The number of amides is 1. The van der Waals surface area contributed by atoms with E-state index in [0.717, 1.165) is 31.9 Å². The molecule has 1 aromatic rings. The highest BCUT2D eigenvalue weighted by atomic mass is 16.5. The van der Waals surface area contributed by atoms with Crippen molar-refractivity contribution in [2.45, 2.75) is 38.8 Å². The predicted molar refractivity (Wildman–Crippen MR) is 83.9 cm³/mol. The number of nitrogens with zero attached hydrogens (tertiary/aromatic N) is 3. The molecule has 1 N–H and O–H groups in total. The number of carbonyl (C=O) groups excluding carboxylic acids is 1. The first-order valence-electron chi connectivity index (χ1n) is 8.14. The van der Waals surface area contributed by atoms with Crippen LogP contribution in [0, 0.1) is 5.92 Å². The number of rotatable bonds is 4. The van der Waals surface area contributed by atoms with Crippen LogP contribution in [0.3, 0.4) is 0 Å². The van der Waals surface area contributed by atoms with E-state index >= 15 is 0 Å². The summed E-state index contributed by atoms with van der Waals surface area (Å²) in [5.41, 5.74) is 0.403. The fourth-order valence-electron chi connectivity index (χ4n) is 3.32. The van der Waals surface area contributed by atoms with Gasteiger partial charge in [-0.05, 0) is 26.8 Å². The molecule has 1 amide bonds. The van der Waals surface area contributed by atoms with E-state index < -0.39 is 0 Å². The molecule has 2 aliphatic heterocycles. The Morgan fingerprint density at radius 1 is 1.36 bits per heavy atom. The normalized spacial score (nSPS) is 27.3. The Labute approximate surface area is 131 Å². The lowest BCUT2D eigenvalue weighted by atomic mass is 9.98. The van der Waals surface area contributed by atoms with E-state index in [2.05, 4.69) is 48.1 Å². The van der Waals surface area contributed by atoms with E-state index in [4.69, 9.17) is 4.52 Å². The average Bonchev–Trinajstić information content (AvgIpc) is 3.03. The number of nitrogens with one attached hydrogen (secondary N) is 1. The number of likely N-dealkylation sites (N-methyl/N-ethyl adjacent to an activating group) is 1. The van der Waals surface area contributed by atoms with Crippen molar-refractivity contribution in [2.24, 2.45) is 5.92 Å². The third-order valence-corrected chi connectivity index (χ3v) is 4.91. The Balaban J connectivity index is 1.58. The zero-order valence-corrected chi connectivity index (χ0v) is 13.9. The number of aromatic nitrogens is 1. The molecule has 22 heavy (non-hydrogen) atoms. The molecular formula is C16H26N4O2. The van der Waals surface area contributed by atoms with Crippen molar-refractivity contribution in [3.63, 3.8) is 0 Å². The average molecular weight is 306 g/mol. The van der Waals surface area contributed by atoms with Crippen molar-refractivity contribution in [3.8, 4) is 0 Å². The van der Waals surface area contributed by atoms with Gasteiger partial charge in [-0.2, -0.15) is 0 Å². The Bertz CT molecular complexity index is 536. The van der Waals surface area contributed by atoms with Crippen LogP contribution in [0.4, 0.5) is 0 Å². The van der Waals surface area contributed by atoms with E-state index in [1.54, 1.807) is 6.07 Å². The van der Waals surface area contributed by atoms with Crippen LogP contribution >= 0.6 is 0 Å². The number of hydrogen-bond donors (Lipinski definition) is 1. The first-order valence-corrected chi connectivity index (χ1v) is 8.14. The minimum atomic E-state index is -0.120. The molecular weight excluding hydrogens is 280 g/mol. The summed E-state index contributed by atoms with van der Waals surface area (Å²) in [6, 6.07) is 2.50. The molecule has 3 heterocycles. The van der Waals surface area contributed by atoms with Crippen LogP contribution in [0.1, 0.15) is 42.9 Å². The van der Waals surface area contributed by atoms with Crippen LogP contribution in [0.5, 0.6) is 0 Å². The molecule has 0 bridgehead atoms. The third kappa shape index (κ3) is 3.03. The molecule has 2 fully saturated rings. The van der Waals surface area contributed by atoms with Crippen molar-refractivity contribution in [2.75, 3.05) is 33.2 Å². The summed E-state index contributed by atoms with van der Waals surface area (Å²) in [5.74, 6) is 1.54. The Morgan fingerprint density at radius 3 is 2.68 bits per heavy atom. The molecule has 0 saturated carbocycles. The molecule has 2 aliphatic rings. The van der Waals surface area contributed by atoms with Gasteiger partial charge in [0.1, 0.15) is 5.76 Å². The minimum absolute atomic E-state index is 0.120. The first kappa shape index (κ1) is 15.5. The fraction of sp³-hybridized carbons (Fsp3) is 0.750. The lowest BCUT2D eigenvalue weighted by Gasteiger charge is -2.34. The zero-order valence-electron chi connectivity index (χ0n) is 13.9. The Hall–Kier alpha value is -1.40. The molecule has 6 nitrogen and oxygen atoms in total. The molecule has 2 saturated heterocycles. The second-order valence-corrected chi connectivity index (χ2v) is 7.14. The second kappa shape index (κ2) is 6.01. The van der Waals surface area contributed by atoms with Crippen molar-refractivity contribution in [1.29, 1.82) is 0 Å². The van der Waals surface area contributed by atoms with Gasteiger partial charge in [0, 0.05) is 50.2 Å². The summed E-state index contributed by atoms with van der Waals surface area (Å²) in [5, 5.41) is 7.06. The monoisotopic (exact) mass is 306 g/mol. The maximum absolute atomic E-state index is 12.4. The molecule has 1 aromatic heterocycles. The Kier molecular flexibility index (Phi) is 4.23. The topological polar surface area (TPSA) is 61.6 Å². The van der Waals surface area contributed by atoms with Crippen molar-refractivity contribution in [3.05, 3.63) is 17.5 Å². The fourth-order valence-corrected chi connectivity index (χ4v) is 3.32. The maximum Gasteiger partial charge on any atom is 0.273 e. The summed E-state index contributed by atoms with van der Waals surface area (Å²) in [7, 11) is 2.07. The molecule has 0 unspecified atom stereocenters. The molecule has 0 spiro atoms. The smallest absolute Gasteiger partial charge is 0.273 e. The molecule has 0 aliphatic carbocycles. The quantitative estimate of drug-likeness (QED) is 0.904. The summed E-state index contributed by atoms with van der Waals surface area (Å²) in [6.45, 7) is 10.4. The van der Waals surface area contributed by atoms with Gasteiger partial charge in [0.05, 0.1) is 0 Å². The van der Waals surface area contributed by atoms with Crippen LogP contribution in [0.2, 0.25) is 0 Å². The molecule has 0 radical (unpaired) electrons. The molecule has 2 atom stereocenters. The van der Waals surface area contributed by atoms with Crippen LogP contribution < -0.4 is 5.32 Å². The molecule has 3 rings (SSSR count). The zero-order chi connectivity index (χ0) is 15.9. The van der Waals surface area contributed by atoms with Gasteiger partial charge in [-0.3, -0.25) is 9.69 Å². The van der Waals surface area contributed by atoms with Crippen LogP contribution in [-0.4, -0.2) is 66.2 Å². The van der Waals surface area contributed by atoms with Gasteiger partial charge < -0.3 is 14.7 Å². The van der Waals surface area contributed by atoms with E-state index in [1.165, 1.54) is 0 Å². The largest absolute Gasteiger partial charge is 0.360 e. The van der Waals surface area contributed by atoms with E-state index in [0.29, 0.717) is 23.6 Å². The number of hydrogen-bond acceptors (Lipinski definition) is 5. The van der Waals surface area contributed by atoms with Crippen molar-refractivity contribution >= 4 is 5.91 Å². The summed E-state index contributed by atoms with van der Waals surface area (Å²) < 4.78 is 5.34. The number of carbonyl (C=O) groups is 1. The van der Waals surface area contributed by atoms with Gasteiger partial charge in [0.25, 0.3) is 5.91 Å². The maximum atomic E-state index is 12.4. The summed E-state index contributed by atoms with van der Waals surface area (Å²) >= 11 is 0.